The molecule has 0 saturated carbocycles. The van der Waals surface area contributed by atoms with Gasteiger partial charge in [0.2, 0.25) is 17.8 Å². The number of anilines is 3. The maximum atomic E-state index is 5.44. The minimum atomic E-state index is 0.410. The Morgan fingerprint density at radius 3 is 2.60 bits per heavy atom. The Morgan fingerprint density at radius 2 is 1.90 bits per heavy atom. The summed E-state index contributed by atoms with van der Waals surface area (Å²) in [7, 11) is 0. The quantitative estimate of drug-likeness (QED) is 0.394. The van der Waals surface area contributed by atoms with Crippen molar-refractivity contribution in [3.8, 4) is 0 Å². The minimum Gasteiger partial charge on any atom is -0.354 e. The van der Waals surface area contributed by atoms with Crippen molar-refractivity contribution in [2.45, 2.75) is 25.7 Å². The third-order valence-corrected chi connectivity index (χ3v) is 3.90. The molecule has 0 aliphatic carbocycles. The average molecular weight is 297 g/mol. The first-order chi connectivity index (χ1) is 9.83. The van der Waals surface area contributed by atoms with Crippen LogP contribution in [-0.4, -0.2) is 46.6 Å². The Hall–Kier alpha value is -1.28. The van der Waals surface area contributed by atoms with Gasteiger partial charge < -0.3 is 10.2 Å². The number of thioether (sulfide) groups is 1. The molecule has 0 unspecified atom stereocenters. The van der Waals surface area contributed by atoms with Crippen molar-refractivity contribution >= 4 is 29.6 Å². The fourth-order valence-electron chi connectivity index (χ4n) is 2.16. The molecule has 0 atom stereocenters. The number of nitrogen functional groups attached to an aromatic ring is 1. The number of hydrogen-bond donors (Lipinski definition) is 3. The Labute approximate surface area is 124 Å². The number of hydrazine groups is 1. The number of nitrogens with one attached hydrogen (secondary N) is 2. The number of aromatic nitrogens is 3. The molecule has 2 rings (SSSR count). The van der Waals surface area contributed by atoms with E-state index in [0.29, 0.717) is 17.8 Å². The number of rotatable bonds is 7. The van der Waals surface area contributed by atoms with Crippen LogP contribution in [0.25, 0.3) is 0 Å². The van der Waals surface area contributed by atoms with Crippen LogP contribution in [0, 0.1) is 0 Å². The molecule has 112 valence electrons. The van der Waals surface area contributed by atoms with Crippen molar-refractivity contribution in [1.82, 2.24) is 15.0 Å². The maximum absolute atomic E-state index is 5.44. The highest BCUT2D eigenvalue weighted by Crippen LogP contribution is 2.18. The molecule has 8 heteroatoms. The van der Waals surface area contributed by atoms with E-state index in [0.717, 1.165) is 31.8 Å². The van der Waals surface area contributed by atoms with E-state index in [1.807, 2.05) is 11.8 Å². The van der Waals surface area contributed by atoms with Crippen molar-refractivity contribution in [2.75, 3.05) is 47.3 Å². The zero-order chi connectivity index (χ0) is 14.2. The lowest BCUT2D eigenvalue weighted by Gasteiger charge is -2.26. The molecule has 0 amide bonds. The Kier molecular flexibility index (Phi) is 6.13. The van der Waals surface area contributed by atoms with E-state index in [1.165, 1.54) is 19.3 Å². The summed E-state index contributed by atoms with van der Waals surface area (Å²) in [4.78, 5) is 15.3. The highest BCUT2D eigenvalue weighted by Gasteiger charge is 2.15. The second-order valence-electron chi connectivity index (χ2n) is 4.75. The Balaban J connectivity index is 2.03. The van der Waals surface area contributed by atoms with Crippen molar-refractivity contribution in [3.63, 3.8) is 0 Å². The van der Waals surface area contributed by atoms with Crippen LogP contribution < -0.4 is 21.5 Å². The van der Waals surface area contributed by atoms with Gasteiger partial charge >= 0.3 is 0 Å². The van der Waals surface area contributed by atoms with E-state index in [9.17, 15) is 0 Å². The van der Waals surface area contributed by atoms with Gasteiger partial charge in [-0.3, -0.25) is 5.43 Å². The molecule has 4 N–H and O–H groups in total. The van der Waals surface area contributed by atoms with Crippen LogP contribution in [0.3, 0.4) is 0 Å². The zero-order valence-corrected chi connectivity index (χ0v) is 12.7. The van der Waals surface area contributed by atoms with Gasteiger partial charge in [-0.15, -0.1) is 0 Å². The van der Waals surface area contributed by atoms with E-state index in [1.54, 1.807) is 0 Å². The molecular formula is C12H23N7S. The van der Waals surface area contributed by atoms with E-state index >= 15 is 0 Å². The van der Waals surface area contributed by atoms with Crippen molar-refractivity contribution < 1.29 is 0 Å². The number of nitrogens with two attached hydrogens (primary N) is 1. The van der Waals surface area contributed by atoms with Gasteiger partial charge in [-0.1, -0.05) is 0 Å². The summed E-state index contributed by atoms with van der Waals surface area (Å²) >= 11 is 1.84. The van der Waals surface area contributed by atoms with Gasteiger partial charge in [-0.25, -0.2) is 5.84 Å². The number of hydrogen-bond acceptors (Lipinski definition) is 8. The first-order valence-corrected chi connectivity index (χ1v) is 8.43. The molecule has 20 heavy (non-hydrogen) atoms. The lowest BCUT2D eigenvalue weighted by Crippen LogP contribution is -2.31. The lowest BCUT2D eigenvalue weighted by molar-refractivity contribution is 0.568. The molecule has 1 aliphatic rings. The molecule has 1 aromatic heterocycles. The molecule has 0 radical (unpaired) electrons. The number of piperidine rings is 1. The summed E-state index contributed by atoms with van der Waals surface area (Å²) in [6.07, 6.45) is 6.84. The summed E-state index contributed by atoms with van der Waals surface area (Å²) < 4.78 is 0. The third-order valence-electron chi connectivity index (χ3n) is 3.20. The fourth-order valence-corrected chi connectivity index (χ4v) is 2.59. The number of nitrogens with zero attached hydrogens (tertiary/aromatic N) is 4. The Morgan fingerprint density at radius 1 is 1.15 bits per heavy atom. The van der Waals surface area contributed by atoms with Crippen LogP contribution in [-0.2, 0) is 0 Å². The van der Waals surface area contributed by atoms with Gasteiger partial charge in [-0.2, -0.15) is 26.7 Å². The van der Waals surface area contributed by atoms with Crippen LogP contribution in [0.15, 0.2) is 0 Å². The van der Waals surface area contributed by atoms with Gasteiger partial charge in [-0.05, 0) is 37.7 Å². The summed E-state index contributed by atoms with van der Waals surface area (Å²) in [5.74, 6) is 8.28. The highest BCUT2D eigenvalue weighted by atomic mass is 32.2. The lowest BCUT2D eigenvalue weighted by atomic mass is 10.1. The monoisotopic (exact) mass is 297 g/mol. The largest absolute Gasteiger partial charge is 0.354 e. The topological polar surface area (TPSA) is 92.0 Å². The van der Waals surface area contributed by atoms with Crippen molar-refractivity contribution in [3.05, 3.63) is 0 Å². The first kappa shape index (κ1) is 15.1. The van der Waals surface area contributed by atoms with E-state index in [2.05, 4.69) is 36.9 Å². The smallest absolute Gasteiger partial charge is 0.243 e. The summed E-state index contributed by atoms with van der Waals surface area (Å²) in [6.45, 7) is 2.86. The minimum absolute atomic E-state index is 0.410. The third kappa shape index (κ3) is 4.38. The molecule has 0 spiro atoms. The van der Waals surface area contributed by atoms with Crippen LogP contribution in [0.2, 0.25) is 0 Å². The molecule has 0 aromatic carbocycles. The van der Waals surface area contributed by atoms with Crippen LogP contribution in [0.4, 0.5) is 17.8 Å². The highest BCUT2D eigenvalue weighted by molar-refractivity contribution is 7.98. The molecule has 7 nitrogen and oxygen atoms in total. The molecule has 1 aliphatic heterocycles. The summed E-state index contributed by atoms with van der Waals surface area (Å²) in [6, 6.07) is 0. The second-order valence-corrected chi connectivity index (χ2v) is 5.73. The van der Waals surface area contributed by atoms with Gasteiger partial charge in [0.05, 0.1) is 0 Å². The second kappa shape index (κ2) is 8.11. The molecule has 0 bridgehead atoms. The van der Waals surface area contributed by atoms with E-state index in [4.69, 9.17) is 5.84 Å². The normalized spacial score (nSPS) is 15.2. The Bertz CT molecular complexity index is 409. The van der Waals surface area contributed by atoms with Crippen LogP contribution in [0.1, 0.15) is 25.7 Å². The molecule has 1 fully saturated rings. The molecule has 2 heterocycles. The SMILES string of the molecule is CSCCCNc1nc(NN)nc(N2CCCCC2)n1. The van der Waals surface area contributed by atoms with Gasteiger partial charge in [0.1, 0.15) is 0 Å². The molecule has 1 saturated heterocycles. The van der Waals surface area contributed by atoms with Crippen LogP contribution >= 0.6 is 11.8 Å². The molecular weight excluding hydrogens is 274 g/mol. The summed E-state index contributed by atoms with van der Waals surface area (Å²) in [5.41, 5.74) is 2.52. The van der Waals surface area contributed by atoms with Gasteiger partial charge in [0.15, 0.2) is 0 Å². The van der Waals surface area contributed by atoms with Crippen molar-refractivity contribution in [2.24, 2.45) is 5.84 Å². The first-order valence-electron chi connectivity index (χ1n) is 7.04. The predicted molar refractivity (Wildman–Crippen MR) is 85.2 cm³/mol. The average Bonchev–Trinajstić information content (AvgIpc) is 2.52. The maximum Gasteiger partial charge on any atom is 0.243 e. The van der Waals surface area contributed by atoms with E-state index < -0.39 is 0 Å². The fraction of sp³-hybridized carbons (Fsp3) is 0.750. The summed E-state index contributed by atoms with van der Waals surface area (Å²) in [5, 5.41) is 3.24. The molecule has 1 aromatic rings. The van der Waals surface area contributed by atoms with Crippen molar-refractivity contribution in [1.29, 1.82) is 0 Å². The zero-order valence-electron chi connectivity index (χ0n) is 11.9. The van der Waals surface area contributed by atoms with Gasteiger partial charge in [0, 0.05) is 19.6 Å². The van der Waals surface area contributed by atoms with E-state index in [-0.39, 0.29) is 0 Å². The standard InChI is InChI=1S/C12H23N7S/c1-20-9-5-6-14-10-15-11(18-13)17-12(16-10)19-7-3-2-4-8-19/h2-9,13H2,1H3,(H2,14,15,16,17,18). The predicted octanol–water partition coefficient (Wildman–Crippen LogP) is 1.31. The van der Waals surface area contributed by atoms with Crippen LogP contribution in [0.5, 0.6) is 0 Å². The van der Waals surface area contributed by atoms with Gasteiger partial charge in [0.25, 0.3) is 0 Å².